The summed E-state index contributed by atoms with van der Waals surface area (Å²) in [4.78, 5) is 12.0. The zero-order valence-electron chi connectivity index (χ0n) is 12.3. The highest BCUT2D eigenvalue weighted by molar-refractivity contribution is 5.84. The highest BCUT2D eigenvalue weighted by Crippen LogP contribution is 2.13. The molecule has 0 aliphatic heterocycles. The van der Waals surface area contributed by atoms with Gasteiger partial charge < -0.3 is 15.8 Å². The smallest absolute Gasteiger partial charge is 0.251 e. The molecule has 0 aromatic heterocycles. The van der Waals surface area contributed by atoms with E-state index in [1.807, 2.05) is 20.8 Å². The highest BCUT2D eigenvalue weighted by atomic mass is 16.5. The average Bonchev–Trinajstić information content (AvgIpc) is 2.13. The number of carbonyl (C=O) groups is 1. The number of hydrogen-bond donors (Lipinski definition) is 2. The monoisotopic (exact) mass is 244 g/mol. The van der Waals surface area contributed by atoms with Gasteiger partial charge in [0.25, 0.3) is 5.91 Å². The third-order valence-electron chi connectivity index (χ3n) is 2.71. The van der Waals surface area contributed by atoms with Crippen molar-refractivity contribution in [1.29, 1.82) is 0 Å². The van der Waals surface area contributed by atoms with Crippen LogP contribution < -0.4 is 11.1 Å². The second-order valence-electron chi connectivity index (χ2n) is 6.29. The maximum absolute atomic E-state index is 12.0. The van der Waals surface area contributed by atoms with Gasteiger partial charge in [-0.15, -0.1) is 0 Å². The van der Waals surface area contributed by atoms with Gasteiger partial charge in [-0.1, -0.05) is 13.8 Å². The van der Waals surface area contributed by atoms with Crippen LogP contribution in [0.5, 0.6) is 0 Å². The minimum Gasteiger partial charge on any atom is -0.364 e. The molecule has 0 bridgehead atoms. The fourth-order valence-corrected chi connectivity index (χ4v) is 0.979. The van der Waals surface area contributed by atoms with Gasteiger partial charge in [0, 0.05) is 11.6 Å². The van der Waals surface area contributed by atoms with E-state index in [4.69, 9.17) is 10.5 Å². The summed E-state index contributed by atoms with van der Waals surface area (Å²) in [6.45, 7) is 13.8. The Bertz CT molecular complexity index is 255. The molecule has 0 spiro atoms. The molecule has 17 heavy (non-hydrogen) atoms. The molecule has 0 aromatic rings. The molecular weight excluding hydrogens is 216 g/mol. The first-order chi connectivity index (χ1) is 7.46. The van der Waals surface area contributed by atoms with Crippen LogP contribution in [0.15, 0.2) is 0 Å². The van der Waals surface area contributed by atoms with E-state index >= 15 is 0 Å². The third kappa shape index (κ3) is 6.64. The first-order valence-electron chi connectivity index (χ1n) is 6.19. The Hall–Kier alpha value is -0.610. The molecule has 0 radical (unpaired) electrons. The van der Waals surface area contributed by atoms with Crippen molar-refractivity contribution < 1.29 is 9.53 Å². The second-order valence-corrected chi connectivity index (χ2v) is 6.29. The SMILES string of the molecule is CC(C)C(C)NC(=O)C(C)(C)OCC(C)(C)N. The Morgan fingerprint density at radius 3 is 2.06 bits per heavy atom. The summed E-state index contributed by atoms with van der Waals surface area (Å²) < 4.78 is 5.60. The van der Waals surface area contributed by atoms with E-state index < -0.39 is 11.1 Å². The van der Waals surface area contributed by atoms with Crippen LogP contribution in [-0.2, 0) is 9.53 Å². The molecule has 0 heterocycles. The summed E-state index contributed by atoms with van der Waals surface area (Å²) in [6.07, 6.45) is 0. The van der Waals surface area contributed by atoms with Crippen molar-refractivity contribution in [1.82, 2.24) is 5.32 Å². The molecule has 4 nitrogen and oxygen atoms in total. The summed E-state index contributed by atoms with van der Waals surface area (Å²) in [7, 11) is 0. The number of rotatable bonds is 6. The van der Waals surface area contributed by atoms with Gasteiger partial charge in [-0.3, -0.25) is 4.79 Å². The van der Waals surface area contributed by atoms with Gasteiger partial charge in [-0.05, 0) is 40.5 Å². The molecule has 1 unspecified atom stereocenters. The normalized spacial score (nSPS) is 14.9. The predicted octanol–water partition coefficient (Wildman–Crippen LogP) is 1.68. The van der Waals surface area contributed by atoms with E-state index in [0.717, 1.165) is 0 Å². The van der Waals surface area contributed by atoms with Crippen molar-refractivity contribution in [3.05, 3.63) is 0 Å². The summed E-state index contributed by atoms with van der Waals surface area (Å²) in [5, 5.41) is 2.95. The van der Waals surface area contributed by atoms with Crippen molar-refractivity contribution in [3.63, 3.8) is 0 Å². The van der Waals surface area contributed by atoms with Gasteiger partial charge in [0.2, 0.25) is 0 Å². The lowest BCUT2D eigenvalue weighted by atomic mass is 10.0. The van der Waals surface area contributed by atoms with E-state index in [1.165, 1.54) is 0 Å². The fraction of sp³-hybridized carbons (Fsp3) is 0.923. The van der Waals surface area contributed by atoms with Gasteiger partial charge in [0.1, 0.15) is 5.60 Å². The Kier molecular flexibility index (Phi) is 5.62. The molecule has 1 amide bonds. The summed E-state index contributed by atoms with van der Waals surface area (Å²) in [5.41, 5.74) is 4.56. The molecule has 0 saturated heterocycles. The average molecular weight is 244 g/mol. The van der Waals surface area contributed by atoms with Crippen molar-refractivity contribution in [2.75, 3.05) is 6.61 Å². The molecule has 0 rings (SSSR count). The Morgan fingerprint density at radius 1 is 1.24 bits per heavy atom. The van der Waals surface area contributed by atoms with E-state index in [2.05, 4.69) is 19.2 Å². The van der Waals surface area contributed by atoms with Crippen LogP contribution >= 0.6 is 0 Å². The molecule has 0 aromatic carbocycles. The lowest BCUT2D eigenvalue weighted by Gasteiger charge is -2.30. The van der Waals surface area contributed by atoms with Crippen molar-refractivity contribution in [3.8, 4) is 0 Å². The third-order valence-corrected chi connectivity index (χ3v) is 2.71. The van der Waals surface area contributed by atoms with Crippen LogP contribution in [0.25, 0.3) is 0 Å². The lowest BCUT2D eigenvalue weighted by molar-refractivity contribution is -0.145. The van der Waals surface area contributed by atoms with Crippen LogP contribution in [0.1, 0.15) is 48.5 Å². The fourth-order valence-electron chi connectivity index (χ4n) is 0.979. The standard InChI is InChI=1S/C13H28N2O2/c1-9(2)10(3)15-11(16)13(6,7)17-8-12(4,5)14/h9-10H,8,14H2,1-7H3,(H,15,16). The number of hydrogen-bond acceptors (Lipinski definition) is 3. The predicted molar refractivity (Wildman–Crippen MR) is 70.7 cm³/mol. The quantitative estimate of drug-likeness (QED) is 0.747. The number of ether oxygens (including phenoxy) is 1. The maximum atomic E-state index is 12.0. The largest absolute Gasteiger partial charge is 0.364 e. The van der Waals surface area contributed by atoms with E-state index in [1.54, 1.807) is 13.8 Å². The number of nitrogens with two attached hydrogens (primary N) is 1. The van der Waals surface area contributed by atoms with Gasteiger partial charge in [-0.2, -0.15) is 0 Å². The van der Waals surface area contributed by atoms with Gasteiger partial charge in [0.05, 0.1) is 6.61 Å². The van der Waals surface area contributed by atoms with Crippen LogP contribution in [-0.4, -0.2) is 29.7 Å². The molecule has 3 N–H and O–H groups in total. The summed E-state index contributed by atoms with van der Waals surface area (Å²) in [5.74, 6) is 0.309. The zero-order chi connectivity index (χ0) is 13.9. The van der Waals surface area contributed by atoms with E-state index in [9.17, 15) is 4.79 Å². The highest BCUT2D eigenvalue weighted by Gasteiger charge is 2.31. The molecule has 102 valence electrons. The van der Waals surface area contributed by atoms with Crippen LogP contribution in [0.3, 0.4) is 0 Å². The lowest BCUT2D eigenvalue weighted by Crippen LogP contribution is -2.51. The topological polar surface area (TPSA) is 64.3 Å². The molecule has 0 aliphatic carbocycles. The molecular formula is C13H28N2O2. The van der Waals surface area contributed by atoms with E-state index in [0.29, 0.717) is 12.5 Å². The van der Waals surface area contributed by atoms with Crippen molar-refractivity contribution in [2.24, 2.45) is 11.7 Å². The molecule has 0 fully saturated rings. The molecule has 4 heteroatoms. The second kappa shape index (κ2) is 5.83. The van der Waals surface area contributed by atoms with Gasteiger partial charge >= 0.3 is 0 Å². The summed E-state index contributed by atoms with van der Waals surface area (Å²) >= 11 is 0. The molecule has 1 atom stereocenters. The first-order valence-corrected chi connectivity index (χ1v) is 6.19. The van der Waals surface area contributed by atoms with Crippen molar-refractivity contribution in [2.45, 2.75) is 65.6 Å². The van der Waals surface area contributed by atoms with E-state index in [-0.39, 0.29) is 11.9 Å². The zero-order valence-corrected chi connectivity index (χ0v) is 12.3. The van der Waals surface area contributed by atoms with Gasteiger partial charge in [0.15, 0.2) is 0 Å². The first kappa shape index (κ1) is 16.4. The number of amides is 1. The van der Waals surface area contributed by atoms with Gasteiger partial charge in [-0.25, -0.2) is 0 Å². The van der Waals surface area contributed by atoms with Crippen molar-refractivity contribution >= 4 is 5.91 Å². The maximum Gasteiger partial charge on any atom is 0.251 e. The molecule has 0 aliphatic rings. The number of carbonyl (C=O) groups excluding carboxylic acids is 1. The molecule has 0 saturated carbocycles. The Morgan fingerprint density at radius 2 is 1.71 bits per heavy atom. The van der Waals surface area contributed by atoms with Crippen LogP contribution in [0.4, 0.5) is 0 Å². The summed E-state index contributed by atoms with van der Waals surface area (Å²) in [6, 6.07) is 0.135. The van der Waals surface area contributed by atoms with Crippen LogP contribution in [0.2, 0.25) is 0 Å². The minimum atomic E-state index is -0.847. The Balaban J connectivity index is 4.35. The minimum absolute atomic E-state index is 0.0945. The Labute approximate surface area is 105 Å². The number of nitrogens with one attached hydrogen (secondary N) is 1. The van der Waals surface area contributed by atoms with Crippen LogP contribution in [0, 0.1) is 5.92 Å².